The summed E-state index contributed by atoms with van der Waals surface area (Å²) >= 11 is 0. The summed E-state index contributed by atoms with van der Waals surface area (Å²) in [5.74, 6) is -1.08. The molecule has 2 unspecified atom stereocenters. The largest absolute Gasteiger partial charge is 0.387 e. The van der Waals surface area contributed by atoms with Crippen LogP contribution < -0.4 is 11.1 Å². The van der Waals surface area contributed by atoms with Gasteiger partial charge in [-0.05, 0) is 0 Å². The molecule has 1 aliphatic heterocycles. The summed E-state index contributed by atoms with van der Waals surface area (Å²) in [4.78, 5) is 46.2. The molecule has 2 amide bonds. The summed E-state index contributed by atoms with van der Waals surface area (Å²) in [7, 11) is -5.43. The zero-order valence-corrected chi connectivity index (χ0v) is 12.7. The molecular weight excluding hydrogens is 351 g/mol. The van der Waals surface area contributed by atoms with Crippen molar-refractivity contribution in [3.05, 3.63) is 17.7 Å². The number of primary amides is 1. The Balaban J connectivity index is 2.36. The molecule has 0 bridgehead atoms. The zero-order chi connectivity index (χ0) is 18.3. The molecule has 1 aliphatic rings. The minimum absolute atomic E-state index is 0.183. The number of aliphatic hydroxyl groups is 3. The Morgan fingerprint density at radius 2 is 2.08 bits per heavy atom. The van der Waals surface area contributed by atoms with Gasteiger partial charge >= 0.3 is 7.60 Å². The van der Waals surface area contributed by atoms with Crippen molar-refractivity contribution in [1.82, 2.24) is 15.3 Å². The molecule has 134 valence electrons. The number of nitrogens with zero attached hydrogens (tertiary/aromatic N) is 1. The van der Waals surface area contributed by atoms with Gasteiger partial charge in [0.2, 0.25) is 6.41 Å². The quantitative estimate of drug-likeness (QED) is 0.139. The number of carbonyl (C=O) groups is 2. The van der Waals surface area contributed by atoms with Gasteiger partial charge in [0.05, 0.1) is 0 Å². The van der Waals surface area contributed by atoms with E-state index in [1.165, 1.54) is 5.32 Å². The molecule has 1 aromatic rings. The lowest BCUT2D eigenvalue weighted by Gasteiger charge is -2.34. The Bertz CT molecular complexity index is 690. The van der Waals surface area contributed by atoms with Gasteiger partial charge in [0.25, 0.3) is 11.4 Å². The summed E-state index contributed by atoms with van der Waals surface area (Å²) < 4.78 is 16.6. The van der Waals surface area contributed by atoms with Crippen molar-refractivity contribution in [2.45, 2.75) is 29.9 Å². The lowest BCUT2D eigenvalue weighted by Crippen LogP contribution is -2.57. The van der Waals surface area contributed by atoms with Crippen molar-refractivity contribution < 1.29 is 44.0 Å². The van der Waals surface area contributed by atoms with Crippen LogP contribution in [0.4, 0.5) is 0 Å². The minimum atomic E-state index is -5.43. The molecule has 14 heteroatoms. The molecule has 24 heavy (non-hydrogen) atoms. The van der Waals surface area contributed by atoms with Crippen molar-refractivity contribution in [3.63, 3.8) is 0 Å². The fourth-order valence-corrected chi connectivity index (χ4v) is 3.03. The van der Waals surface area contributed by atoms with Crippen LogP contribution in [0.3, 0.4) is 0 Å². The molecule has 1 aromatic heterocycles. The summed E-state index contributed by atoms with van der Waals surface area (Å²) in [5.41, 5.74) is 1.51. The number of aliphatic hydroxyl groups excluding tert-OH is 2. The lowest BCUT2D eigenvalue weighted by atomic mass is 10.1. The van der Waals surface area contributed by atoms with Crippen LogP contribution in [-0.2, 0) is 14.1 Å². The Morgan fingerprint density at radius 3 is 2.54 bits per heavy atom. The van der Waals surface area contributed by atoms with E-state index in [0.29, 0.717) is 0 Å². The fourth-order valence-electron chi connectivity index (χ4n) is 2.26. The second-order valence-electron chi connectivity index (χ2n) is 5.03. The molecule has 1 saturated heterocycles. The first-order chi connectivity index (χ1) is 11.0. The van der Waals surface area contributed by atoms with Gasteiger partial charge in [-0.1, -0.05) is 0 Å². The van der Waals surface area contributed by atoms with Crippen LogP contribution in [0.2, 0.25) is 0 Å². The van der Waals surface area contributed by atoms with E-state index in [1.54, 1.807) is 0 Å². The maximum absolute atomic E-state index is 11.5. The van der Waals surface area contributed by atoms with E-state index in [4.69, 9.17) is 10.5 Å². The van der Waals surface area contributed by atoms with Crippen molar-refractivity contribution in [3.8, 4) is 0 Å². The molecule has 0 spiro atoms. The highest BCUT2D eigenvalue weighted by Gasteiger charge is 2.62. The number of carbonyl (C=O) groups excluding carboxylic acids is 2. The molecule has 13 nitrogen and oxygen atoms in total. The predicted molar refractivity (Wildman–Crippen MR) is 72.9 cm³/mol. The lowest BCUT2D eigenvalue weighted by molar-refractivity contribution is -0.131. The van der Waals surface area contributed by atoms with E-state index in [9.17, 15) is 39.3 Å². The third kappa shape index (κ3) is 2.93. The van der Waals surface area contributed by atoms with E-state index in [2.05, 4.69) is 9.97 Å². The van der Waals surface area contributed by atoms with Crippen LogP contribution in [0.5, 0.6) is 0 Å². The molecule has 2 heterocycles. The predicted octanol–water partition coefficient (Wildman–Crippen LogP) is -3.76. The summed E-state index contributed by atoms with van der Waals surface area (Å²) in [6, 6.07) is 0. The molecule has 2 rings (SSSR count). The number of aromatic amines is 1. The summed E-state index contributed by atoms with van der Waals surface area (Å²) in [5, 5.41) is 31.5. The molecule has 5 atom stereocenters. The second kappa shape index (κ2) is 6.22. The highest BCUT2D eigenvalue weighted by Crippen LogP contribution is 2.53. The van der Waals surface area contributed by atoms with Crippen LogP contribution in [-0.4, -0.2) is 71.2 Å². The topological polar surface area (TPSA) is 228 Å². The van der Waals surface area contributed by atoms with E-state index < -0.39 is 43.4 Å². The monoisotopic (exact) mass is 366 g/mol. The third-order valence-electron chi connectivity index (χ3n) is 3.50. The molecular formula is C10H15N4O9P. The molecule has 0 aromatic carbocycles. The van der Waals surface area contributed by atoms with Gasteiger partial charge in [0.1, 0.15) is 35.9 Å². The average Bonchev–Trinajstić information content (AvgIpc) is 3.05. The summed E-state index contributed by atoms with van der Waals surface area (Å²) in [6.07, 6.45) is -6.47. The van der Waals surface area contributed by atoms with Crippen LogP contribution in [0.25, 0.3) is 0 Å². The first kappa shape index (κ1) is 18.5. The van der Waals surface area contributed by atoms with Crippen molar-refractivity contribution in [2.75, 3.05) is 0 Å². The van der Waals surface area contributed by atoms with E-state index in [0.717, 1.165) is 6.20 Å². The zero-order valence-electron chi connectivity index (χ0n) is 11.8. The Kier molecular flexibility index (Phi) is 4.79. The Labute approximate surface area is 133 Å². The maximum atomic E-state index is 11.5. The van der Waals surface area contributed by atoms with E-state index >= 15 is 0 Å². The van der Waals surface area contributed by atoms with Crippen LogP contribution in [0, 0.1) is 0 Å². The van der Waals surface area contributed by atoms with Gasteiger partial charge in [0.15, 0.2) is 0 Å². The maximum Gasteiger partial charge on any atom is 0.380 e. The molecule has 0 aliphatic carbocycles. The molecule has 0 saturated carbocycles. The number of amides is 2. The normalized spacial score (nSPS) is 29.9. The van der Waals surface area contributed by atoms with Gasteiger partial charge in [-0.25, -0.2) is 4.98 Å². The number of hydrogen-bond acceptors (Lipinski definition) is 8. The van der Waals surface area contributed by atoms with Gasteiger partial charge < -0.3 is 45.9 Å². The number of hydrogen-bond donors (Lipinski definition) is 8. The van der Waals surface area contributed by atoms with Crippen molar-refractivity contribution in [1.29, 1.82) is 0 Å². The van der Waals surface area contributed by atoms with Gasteiger partial charge in [-0.3, -0.25) is 14.2 Å². The van der Waals surface area contributed by atoms with Gasteiger partial charge in [-0.2, -0.15) is 0 Å². The van der Waals surface area contributed by atoms with Gasteiger partial charge in [-0.15, -0.1) is 0 Å². The number of aromatic nitrogens is 2. The van der Waals surface area contributed by atoms with Crippen LogP contribution in [0.1, 0.15) is 22.4 Å². The number of ether oxygens (including phenoxy) is 1. The number of nitrogens with two attached hydrogens (primary N) is 1. The summed E-state index contributed by atoms with van der Waals surface area (Å²) in [6.45, 7) is 0. The Morgan fingerprint density at radius 1 is 1.46 bits per heavy atom. The number of rotatable bonds is 6. The van der Waals surface area contributed by atoms with E-state index in [-0.39, 0.29) is 17.9 Å². The first-order valence-corrected chi connectivity index (χ1v) is 8.00. The first-order valence-electron chi connectivity index (χ1n) is 6.39. The minimum Gasteiger partial charge on any atom is -0.387 e. The number of imidazole rings is 1. The van der Waals surface area contributed by atoms with E-state index in [1.807, 2.05) is 0 Å². The second-order valence-corrected chi connectivity index (χ2v) is 6.80. The van der Waals surface area contributed by atoms with Crippen molar-refractivity contribution in [2.24, 2.45) is 5.73 Å². The fraction of sp³-hybridized carbons (Fsp3) is 0.500. The average molecular weight is 366 g/mol. The Hall–Kier alpha value is -1.86. The molecule has 0 radical (unpaired) electrons. The van der Waals surface area contributed by atoms with Crippen LogP contribution in [0.15, 0.2) is 6.20 Å². The van der Waals surface area contributed by atoms with Crippen LogP contribution >= 0.6 is 7.60 Å². The van der Waals surface area contributed by atoms with Crippen molar-refractivity contribution >= 4 is 19.9 Å². The molecule has 9 N–H and O–H groups in total. The standard InChI is InChI=1S/C10H15N4O9P/c11-8(18)3-1-12-9(14-3)6-4(16)5(17)7(23-6)10(19,13-2-15)24(20,21)22/h1-2,4-7,16-17,19H,(H2,11,18)(H,12,14)(H,13,15)(H2,20,21,22)/t4-,5+,6?,7+,10?/m1/s1. The molecule has 1 fully saturated rings. The SMILES string of the molecule is NC(=O)c1c[nH]c(C2O[C@H](C(O)(NC=O)P(=O)(O)O)[C@@H](O)[C@H]2O)n1. The number of nitrogens with one attached hydrogen (secondary N) is 2. The van der Waals surface area contributed by atoms with Gasteiger partial charge in [0, 0.05) is 6.20 Å². The highest BCUT2D eigenvalue weighted by atomic mass is 31.2. The smallest absolute Gasteiger partial charge is 0.380 e. The third-order valence-corrected chi connectivity index (χ3v) is 4.77. The number of H-pyrrole nitrogens is 1. The highest BCUT2D eigenvalue weighted by molar-refractivity contribution is 7.53.